The summed E-state index contributed by atoms with van der Waals surface area (Å²) in [6.45, 7) is 16.2. The third-order valence-electron chi connectivity index (χ3n) is 1.71. The molecule has 0 amide bonds. The van der Waals surface area contributed by atoms with Crippen molar-refractivity contribution in [1.29, 1.82) is 0 Å². The van der Waals surface area contributed by atoms with Crippen LogP contribution in [0.5, 0.6) is 0 Å². The van der Waals surface area contributed by atoms with E-state index in [4.69, 9.17) is 0 Å². The van der Waals surface area contributed by atoms with Crippen LogP contribution in [-0.4, -0.2) is 0 Å². The predicted molar refractivity (Wildman–Crippen MR) is 88.2 cm³/mol. The minimum Gasteiger partial charge on any atom is -0.0877 e. The zero-order valence-corrected chi connectivity index (χ0v) is 13.6. The van der Waals surface area contributed by atoms with Crippen LogP contribution in [0.25, 0.3) is 0 Å². The third-order valence-corrected chi connectivity index (χ3v) is 1.71. The van der Waals surface area contributed by atoms with E-state index in [0.29, 0.717) is 0 Å². The van der Waals surface area contributed by atoms with Gasteiger partial charge in [-0.3, -0.25) is 0 Å². The van der Waals surface area contributed by atoms with Gasteiger partial charge in [0.2, 0.25) is 0 Å². The second-order valence-electron chi connectivity index (χ2n) is 3.21. The predicted octanol–water partition coefficient (Wildman–Crippen LogP) is 6.49. The molecule has 0 heteroatoms. The standard InChI is InChI=1S/C8H10.C6H10.2C2H6/c1-7-3-5-8(2)6-4-7;1-3-5-6-4-2;2*1-2/h3-6H,1-2H3;3-6H,1-2H3;2*1-2H3/b;5-3-,6-4-;;. The fourth-order valence-corrected chi connectivity index (χ4v) is 0.859. The van der Waals surface area contributed by atoms with Gasteiger partial charge in [-0.15, -0.1) is 0 Å². The summed E-state index contributed by atoms with van der Waals surface area (Å²) >= 11 is 0. The molecule has 1 aromatic rings. The molecule has 0 bridgehead atoms. The zero-order valence-electron chi connectivity index (χ0n) is 13.6. The SMILES string of the molecule is C/C=C\C=C/C.CC.CC.Cc1ccc(C)cc1. The molecule has 0 spiro atoms. The summed E-state index contributed by atoms with van der Waals surface area (Å²) < 4.78 is 0. The Morgan fingerprint density at radius 2 is 0.833 bits per heavy atom. The molecule has 0 fully saturated rings. The lowest BCUT2D eigenvalue weighted by Crippen LogP contribution is -1.70. The summed E-state index contributed by atoms with van der Waals surface area (Å²) in [6.07, 6.45) is 8.00. The maximum atomic E-state index is 2.12. The molecule has 0 saturated heterocycles. The van der Waals surface area contributed by atoms with E-state index in [9.17, 15) is 0 Å². The van der Waals surface area contributed by atoms with E-state index in [1.807, 2.05) is 65.8 Å². The molecule has 0 unspecified atom stereocenters. The minimum absolute atomic E-state index is 1.33. The summed E-state index contributed by atoms with van der Waals surface area (Å²) in [6, 6.07) is 8.48. The Bertz CT molecular complexity index is 244. The fraction of sp³-hybridized carbons (Fsp3) is 0.444. The lowest BCUT2D eigenvalue weighted by molar-refractivity contribution is 1.40. The van der Waals surface area contributed by atoms with Crippen LogP contribution >= 0.6 is 0 Å². The summed E-state index contributed by atoms with van der Waals surface area (Å²) in [5, 5.41) is 0. The summed E-state index contributed by atoms with van der Waals surface area (Å²) in [5.74, 6) is 0. The molecule has 1 aromatic carbocycles. The topological polar surface area (TPSA) is 0 Å². The molecule has 0 N–H and O–H groups in total. The van der Waals surface area contributed by atoms with Crippen molar-refractivity contribution in [1.82, 2.24) is 0 Å². The van der Waals surface area contributed by atoms with Gasteiger partial charge in [0.15, 0.2) is 0 Å². The van der Waals surface area contributed by atoms with E-state index < -0.39 is 0 Å². The Labute approximate surface area is 115 Å². The first-order valence-corrected chi connectivity index (χ1v) is 6.98. The van der Waals surface area contributed by atoms with E-state index in [1.54, 1.807) is 0 Å². The highest BCUT2D eigenvalue weighted by atomic mass is 13.9. The van der Waals surface area contributed by atoms with Crippen LogP contribution in [-0.2, 0) is 0 Å². The van der Waals surface area contributed by atoms with Crippen LogP contribution in [0.1, 0.15) is 52.7 Å². The molecule has 0 radical (unpaired) electrons. The number of rotatable bonds is 1. The van der Waals surface area contributed by atoms with Crippen LogP contribution in [0.2, 0.25) is 0 Å². The van der Waals surface area contributed by atoms with Gasteiger partial charge in [0.25, 0.3) is 0 Å². The highest BCUT2D eigenvalue weighted by molar-refractivity contribution is 5.19. The molecule has 0 aliphatic heterocycles. The van der Waals surface area contributed by atoms with E-state index in [1.165, 1.54) is 11.1 Å². The molecule has 0 atom stereocenters. The van der Waals surface area contributed by atoms with E-state index in [2.05, 4.69) is 38.1 Å². The molecule has 104 valence electrons. The van der Waals surface area contributed by atoms with Crippen molar-refractivity contribution in [3.8, 4) is 0 Å². The summed E-state index contributed by atoms with van der Waals surface area (Å²) in [7, 11) is 0. The maximum Gasteiger partial charge on any atom is -0.0398 e. The van der Waals surface area contributed by atoms with Gasteiger partial charge in [-0.25, -0.2) is 0 Å². The average Bonchev–Trinajstić information content (AvgIpc) is 2.45. The Morgan fingerprint density at radius 1 is 0.611 bits per heavy atom. The highest BCUT2D eigenvalue weighted by Gasteiger charge is 1.79. The third kappa shape index (κ3) is 20.2. The maximum absolute atomic E-state index is 2.12. The van der Waals surface area contributed by atoms with Gasteiger partial charge in [0, 0.05) is 0 Å². The molecular weight excluding hydrogens is 216 g/mol. The van der Waals surface area contributed by atoms with Crippen molar-refractivity contribution in [3.63, 3.8) is 0 Å². The molecule has 0 heterocycles. The van der Waals surface area contributed by atoms with Crippen LogP contribution in [0.15, 0.2) is 48.6 Å². The van der Waals surface area contributed by atoms with E-state index in [-0.39, 0.29) is 0 Å². The number of hydrogen-bond donors (Lipinski definition) is 0. The van der Waals surface area contributed by atoms with E-state index in [0.717, 1.165) is 0 Å². The second kappa shape index (κ2) is 21.0. The van der Waals surface area contributed by atoms with Gasteiger partial charge in [0.1, 0.15) is 0 Å². The molecule has 0 aliphatic carbocycles. The van der Waals surface area contributed by atoms with Crippen LogP contribution in [0, 0.1) is 13.8 Å². The van der Waals surface area contributed by atoms with Gasteiger partial charge in [0.05, 0.1) is 0 Å². The average molecular weight is 248 g/mol. The van der Waals surface area contributed by atoms with Crippen molar-refractivity contribution in [2.75, 3.05) is 0 Å². The Balaban J connectivity index is -0.000000201. The molecule has 0 aliphatic rings. The second-order valence-corrected chi connectivity index (χ2v) is 3.21. The Kier molecular flexibility index (Phi) is 25.6. The first-order valence-electron chi connectivity index (χ1n) is 6.98. The van der Waals surface area contributed by atoms with Gasteiger partial charge in [-0.05, 0) is 27.7 Å². The molecule has 18 heavy (non-hydrogen) atoms. The quantitative estimate of drug-likeness (QED) is 0.498. The fourth-order valence-electron chi connectivity index (χ4n) is 0.859. The first-order chi connectivity index (χ1) is 8.70. The zero-order chi connectivity index (χ0) is 14.8. The minimum atomic E-state index is 1.33. The van der Waals surface area contributed by atoms with Crippen molar-refractivity contribution >= 4 is 0 Å². The van der Waals surface area contributed by atoms with Crippen LogP contribution in [0.3, 0.4) is 0 Å². The smallest absolute Gasteiger partial charge is 0.0398 e. The Morgan fingerprint density at radius 3 is 1.00 bits per heavy atom. The molecular formula is C18H32. The van der Waals surface area contributed by atoms with Gasteiger partial charge in [-0.2, -0.15) is 0 Å². The summed E-state index contributed by atoms with van der Waals surface area (Å²) in [5.41, 5.74) is 2.66. The lowest BCUT2D eigenvalue weighted by atomic mass is 10.2. The number of aryl methyl sites for hydroxylation is 2. The largest absolute Gasteiger partial charge is 0.0877 e. The molecule has 0 saturated carbocycles. The van der Waals surface area contributed by atoms with Crippen LogP contribution in [0.4, 0.5) is 0 Å². The number of benzene rings is 1. The number of allylic oxidation sites excluding steroid dienone is 4. The number of hydrogen-bond acceptors (Lipinski definition) is 0. The first kappa shape index (κ1) is 21.9. The monoisotopic (exact) mass is 248 g/mol. The highest BCUT2D eigenvalue weighted by Crippen LogP contribution is 1.99. The molecule has 1 rings (SSSR count). The Hall–Kier alpha value is -1.30. The van der Waals surface area contributed by atoms with Crippen molar-refractivity contribution in [2.45, 2.75) is 55.4 Å². The van der Waals surface area contributed by atoms with Gasteiger partial charge < -0.3 is 0 Å². The molecule has 0 nitrogen and oxygen atoms in total. The van der Waals surface area contributed by atoms with E-state index >= 15 is 0 Å². The van der Waals surface area contributed by atoms with Gasteiger partial charge in [-0.1, -0.05) is 87.4 Å². The lowest BCUT2D eigenvalue weighted by Gasteiger charge is -1.90. The normalized spacial score (nSPS) is 8.67. The van der Waals surface area contributed by atoms with Gasteiger partial charge >= 0.3 is 0 Å². The summed E-state index contributed by atoms with van der Waals surface area (Å²) in [4.78, 5) is 0. The van der Waals surface area contributed by atoms with Crippen molar-refractivity contribution in [3.05, 3.63) is 59.7 Å². The molecule has 0 aromatic heterocycles. The van der Waals surface area contributed by atoms with Crippen LogP contribution < -0.4 is 0 Å². The van der Waals surface area contributed by atoms with Crippen molar-refractivity contribution < 1.29 is 0 Å². The van der Waals surface area contributed by atoms with Crippen molar-refractivity contribution in [2.24, 2.45) is 0 Å².